The molecule has 2 nitrogen and oxygen atoms in total. The molecule has 0 saturated heterocycles. The zero-order chi connectivity index (χ0) is 20.1. The molecule has 3 rings (SSSR count). The Balaban J connectivity index is 1.78. The number of hydrogen-bond donors (Lipinski definition) is 3. The Morgan fingerprint density at radius 1 is 1.14 bits per heavy atom. The van der Waals surface area contributed by atoms with Crippen molar-refractivity contribution in [2.45, 2.75) is 26.5 Å². The van der Waals surface area contributed by atoms with E-state index in [1.807, 2.05) is 53.5 Å². The van der Waals surface area contributed by atoms with Crippen LogP contribution in [0, 0.1) is 0 Å². The first-order valence-corrected chi connectivity index (χ1v) is 15.1. The summed E-state index contributed by atoms with van der Waals surface area (Å²) in [6, 6.07) is 17.2. The van der Waals surface area contributed by atoms with Crippen LogP contribution in [0.4, 0.5) is 5.69 Å². The van der Waals surface area contributed by atoms with Gasteiger partial charge in [0, 0.05) is 16.8 Å². The van der Waals surface area contributed by atoms with Gasteiger partial charge >= 0.3 is 0 Å². The largest absolute Gasteiger partial charge is 0.358 e. The number of anilines is 1. The monoisotopic (exact) mass is 468 g/mol. The summed E-state index contributed by atoms with van der Waals surface area (Å²) in [7, 11) is -0.151. The molecule has 7 heteroatoms. The van der Waals surface area contributed by atoms with Crippen molar-refractivity contribution in [2.75, 3.05) is 30.3 Å². The molecular weight excluding hydrogens is 441 g/mol. The predicted octanol–water partition coefficient (Wildman–Crippen LogP) is 6.13. The highest BCUT2D eigenvalue weighted by Gasteiger charge is 2.41. The zero-order valence-electron chi connectivity index (χ0n) is 16.7. The molecule has 0 saturated carbocycles. The normalized spacial score (nSPS) is 21.6. The summed E-state index contributed by atoms with van der Waals surface area (Å²) >= 11 is 11.5. The van der Waals surface area contributed by atoms with Gasteiger partial charge in [-0.25, -0.2) is 10.9 Å². The van der Waals surface area contributed by atoms with Gasteiger partial charge in [0.2, 0.25) is 0 Å². The minimum atomic E-state index is -0.151. The van der Waals surface area contributed by atoms with Gasteiger partial charge in [-0.3, -0.25) is 0 Å². The quantitative estimate of drug-likeness (QED) is 0.268. The van der Waals surface area contributed by atoms with E-state index in [0.717, 1.165) is 16.8 Å². The molecule has 0 aromatic heterocycles. The van der Waals surface area contributed by atoms with Crippen LogP contribution >= 0.6 is 58.4 Å². The van der Waals surface area contributed by atoms with E-state index in [-0.39, 0.29) is 15.0 Å². The molecule has 0 aliphatic carbocycles. The lowest BCUT2D eigenvalue weighted by atomic mass is 10.1. The molecule has 2 aromatic carbocycles. The van der Waals surface area contributed by atoms with Crippen molar-refractivity contribution in [3.63, 3.8) is 0 Å². The van der Waals surface area contributed by atoms with Gasteiger partial charge in [-0.2, -0.15) is 11.8 Å². The summed E-state index contributed by atoms with van der Waals surface area (Å²) in [4.78, 5) is 1.54. The number of rotatable bonds is 6. The molecule has 0 fully saturated rings. The average Bonchev–Trinajstić information content (AvgIpc) is 2.74. The molecule has 1 aliphatic rings. The van der Waals surface area contributed by atoms with Gasteiger partial charge in [-0.15, -0.1) is 23.5 Å². The summed E-state index contributed by atoms with van der Waals surface area (Å²) in [5.41, 5.74) is 3.77. The number of fused-ring (bicyclic) bond motifs is 1. The summed E-state index contributed by atoms with van der Waals surface area (Å²) in [5, 5.41) is 7.37. The van der Waals surface area contributed by atoms with Crippen molar-refractivity contribution in [3.8, 4) is 0 Å². The first kappa shape index (κ1) is 22.2. The van der Waals surface area contributed by atoms with Crippen LogP contribution in [-0.2, 0) is 10.6 Å². The molecule has 0 amide bonds. The fraction of sp³-hybridized carbons (Fsp3) is 0.381. The van der Waals surface area contributed by atoms with Crippen molar-refractivity contribution in [1.82, 2.24) is 5.32 Å². The first-order valence-electron chi connectivity index (χ1n) is 9.12. The van der Waals surface area contributed by atoms with Crippen molar-refractivity contribution >= 4 is 69.2 Å². The van der Waals surface area contributed by atoms with E-state index in [1.54, 1.807) is 0 Å². The molecule has 0 radical (unpaired) electrons. The van der Waals surface area contributed by atoms with E-state index < -0.39 is 0 Å². The number of thioether (sulfide) groups is 3. The van der Waals surface area contributed by atoms with Crippen molar-refractivity contribution in [2.24, 2.45) is 0 Å². The van der Waals surface area contributed by atoms with Crippen LogP contribution in [-0.4, -0.2) is 34.7 Å². The number of nitrogens with one attached hydrogen (secondary N) is 2. The Hall–Kier alpha value is -0.470. The fourth-order valence-electron chi connectivity index (χ4n) is 3.52. The van der Waals surface area contributed by atoms with Crippen LogP contribution in [0.5, 0.6) is 0 Å². The minimum absolute atomic E-state index is 0.120. The second kappa shape index (κ2) is 10.0. The maximum Gasteiger partial charge on any atom is 0.171 e. The number of thiocarbonyl (C=S) groups is 1. The van der Waals surface area contributed by atoms with Gasteiger partial charge in [-0.1, -0.05) is 30.3 Å². The summed E-state index contributed by atoms with van der Waals surface area (Å²) < 4.78 is 0.837. The molecule has 2 unspecified atom stereocenters. The molecule has 152 valence electrons. The van der Waals surface area contributed by atoms with Gasteiger partial charge in [0.25, 0.3) is 0 Å². The fourth-order valence-corrected chi connectivity index (χ4v) is 10.3. The van der Waals surface area contributed by atoms with Crippen molar-refractivity contribution < 1.29 is 0 Å². The molecule has 1 aliphatic heterocycles. The summed E-state index contributed by atoms with van der Waals surface area (Å²) in [6.45, 7) is 0.729. The molecule has 2 N–H and O–H groups in total. The van der Waals surface area contributed by atoms with Crippen molar-refractivity contribution in [1.29, 1.82) is 0 Å². The average molecular weight is 469 g/mol. The number of thiol groups is 1. The lowest BCUT2D eigenvalue weighted by Crippen LogP contribution is -2.30. The Morgan fingerprint density at radius 3 is 2.50 bits per heavy atom. The van der Waals surface area contributed by atoms with Gasteiger partial charge in [0.05, 0.1) is 4.08 Å². The Bertz CT molecular complexity index is 808. The lowest BCUT2D eigenvalue weighted by molar-refractivity contribution is 0.784. The van der Waals surface area contributed by atoms with E-state index in [2.05, 4.69) is 66.0 Å². The predicted molar refractivity (Wildman–Crippen MR) is 140 cm³/mol. The van der Waals surface area contributed by atoms with Crippen LogP contribution in [0.15, 0.2) is 53.4 Å². The van der Waals surface area contributed by atoms with E-state index in [9.17, 15) is 0 Å². The third-order valence-corrected chi connectivity index (χ3v) is 13.0. The molecule has 0 bridgehead atoms. The van der Waals surface area contributed by atoms with E-state index in [0.29, 0.717) is 5.11 Å². The maximum absolute atomic E-state index is 5.53. The first-order chi connectivity index (χ1) is 13.5. The highest BCUT2D eigenvalue weighted by atomic mass is 32.2. The Kier molecular flexibility index (Phi) is 7.96. The second-order valence-electron chi connectivity index (χ2n) is 6.69. The van der Waals surface area contributed by atoms with E-state index >= 15 is 0 Å². The third kappa shape index (κ3) is 4.81. The molecule has 28 heavy (non-hydrogen) atoms. The highest BCUT2D eigenvalue weighted by Crippen LogP contribution is 2.62. The van der Waals surface area contributed by atoms with Crippen LogP contribution in [0.1, 0.15) is 17.5 Å². The molecule has 0 spiro atoms. The van der Waals surface area contributed by atoms with Gasteiger partial charge in [-0.05, 0) is 77.9 Å². The van der Waals surface area contributed by atoms with Gasteiger partial charge in [0.15, 0.2) is 5.11 Å². The minimum Gasteiger partial charge on any atom is -0.358 e. The SMILES string of the molecule is CSC1CC(SC)(SC)c2cc(NC(=S)NCc3ccccc3)ccc2[SH]1C. The topological polar surface area (TPSA) is 24.1 Å². The lowest BCUT2D eigenvalue weighted by Gasteiger charge is -2.45. The van der Waals surface area contributed by atoms with E-state index in [4.69, 9.17) is 12.2 Å². The Morgan fingerprint density at radius 2 is 1.86 bits per heavy atom. The number of hydrogen-bond acceptors (Lipinski definition) is 4. The molecule has 2 atom stereocenters. The van der Waals surface area contributed by atoms with Crippen LogP contribution < -0.4 is 10.6 Å². The summed E-state index contributed by atoms with van der Waals surface area (Å²) in [6.07, 6.45) is 10.4. The summed E-state index contributed by atoms with van der Waals surface area (Å²) in [5.74, 6) is 0. The van der Waals surface area contributed by atoms with Gasteiger partial charge < -0.3 is 10.6 Å². The third-order valence-electron chi connectivity index (χ3n) is 5.15. The van der Waals surface area contributed by atoms with Crippen LogP contribution in [0.25, 0.3) is 0 Å². The second-order valence-corrected chi connectivity index (χ2v) is 13.3. The van der Waals surface area contributed by atoms with Gasteiger partial charge in [0.1, 0.15) is 0 Å². The Labute approximate surface area is 190 Å². The number of benzene rings is 2. The van der Waals surface area contributed by atoms with Crippen LogP contribution in [0.3, 0.4) is 0 Å². The molecule has 1 heterocycles. The van der Waals surface area contributed by atoms with E-state index in [1.165, 1.54) is 22.4 Å². The highest BCUT2D eigenvalue weighted by molar-refractivity contribution is 8.27. The maximum atomic E-state index is 5.53. The zero-order valence-corrected chi connectivity index (χ0v) is 20.9. The smallest absolute Gasteiger partial charge is 0.171 e. The van der Waals surface area contributed by atoms with Crippen LogP contribution in [0.2, 0.25) is 0 Å². The standard InChI is InChI=1S/C21H28N2S5/c1-25-19-13-21(26-2,27-3)17-12-16(10-11-18(17)28(19)4)23-20(24)22-14-15-8-6-5-7-9-15/h5-12,19,28H,13-14H2,1-4H3,(H2,22,23,24). The van der Waals surface area contributed by atoms with Crippen molar-refractivity contribution in [3.05, 3.63) is 59.7 Å². The molecule has 2 aromatic rings. The molecular formula is C21H28N2S5.